The quantitative estimate of drug-likeness (QED) is 0.232. The molecule has 8 heteroatoms. The van der Waals surface area contributed by atoms with Gasteiger partial charge in [-0.2, -0.15) is 0 Å². The smallest absolute Gasteiger partial charge is 0.162 e. The number of piperidine rings is 1. The molecule has 1 fully saturated rings. The lowest BCUT2D eigenvalue weighted by atomic mass is 10.1. The third kappa shape index (κ3) is 5.98. The summed E-state index contributed by atoms with van der Waals surface area (Å²) in [6.07, 6.45) is 7.41. The molecule has 0 spiro atoms. The molecular weight excluding hydrogens is 468 g/mol. The number of aromatic nitrogens is 2. The summed E-state index contributed by atoms with van der Waals surface area (Å²) in [4.78, 5) is 21.6. The van der Waals surface area contributed by atoms with Crippen molar-refractivity contribution in [3.8, 4) is 23.0 Å². The molecular formula is C29H28N4O4. The number of hydrogen-bond acceptors (Lipinski definition) is 8. The molecule has 0 aliphatic carbocycles. The molecule has 0 unspecified atom stereocenters. The number of likely N-dealkylation sites (tertiary alicyclic amines) is 1. The minimum atomic E-state index is 0.0467. The summed E-state index contributed by atoms with van der Waals surface area (Å²) >= 11 is 0. The molecule has 0 radical (unpaired) electrons. The zero-order chi connectivity index (χ0) is 25.5. The van der Waals surface area contributed by atoms with Crippen molar-refractivity contribution in [1.29, 1.82) is 0 Å². The van der Waals surface area contributed by atoms with Crippen molar-refractivity contribution in [2.24, 2.45) is 0 Å². The Labute approximate surface area is 215 Å². The number of nitrogens with zero attached hydrogens (tertiary/aromatic N) is 3. The number of ether oxygens (including phenoxy) is 3. The largest absolute Gasteiger partial charge is 0.493 e. The predicted octanol–water partition coefficient (Wildman–Crippen LogP) is 5.73. The lowest BCUT2D eigenvalue weighted by Crippen LogP contribution is -2.35. The van der Waals surface area contributed by atoms with Gasteiger partial charge in [-0.3, -0.25) is 4.79 Å². The maximum Gasteiger partial charge on any atom is 0.162 e. The topological polar surface area (TPSA) is 85.8 Å². The van der Waals surface area contributed by atoms with Crippen LogP contribution in [0.2, 0.25) is 0 Å². The number of rotatable bonds is 9. The summed E-state index contributed by atoms with van der Waals surface area (Å²) in [7, 11) is 1.63. The minimum Gasteiger partial charge on any atom is -0.493 e. The number of anilines is 2. The van der Waals surface area contributed by atoms with E-state index in [-0.39, 0.29) is 6.10 Å². The van der Waals surface area contributed by atoms with Gasteiger partial charge in [0.25, 0.3) is 0 Å². The molecule has 188 valence electrons. The van der Waals surface area contributed by atoms with Crippen molar-refractivity contribution < 1.29 is 19.0 Å². The summed E-state index contributed by atoms with van der Waals surface area (Å²) in [6.45, 7) is 1.65. The van der Waals surface area contributed by atoms with E-state index in [1.165, 1.54) is 12.4 Å². The van der Waals surface area contributed by atoms with Gasteiger partial charge < -0.3 is 24.4 Å². The van der Waals surface area contributed by atoms with Gasteiger partial charge in [-0.05, 0) is 48.5 Å². The predicted molar refractivity (Wildman–Crippen MR) is 143 cm³/mol. The number of benzene rings is 3. The van der Waals surface area contributed by atoms with E-state index >= 15 is 0 Å². The minimum absolute atomic E-state index is 0.0467. The molecule has 0 amide bonds. The highest BCUT2D eigenvalue weighted by atomic mass is 16.5. The van der Waals surface area contributed by atoms with Crippen molar-refractivity contribution in [3.63, 3.8) is 0 Å². The van der Waals surface area contributed by atoms with Crippen LogP contribution < -0.4 is 19.5 Å². The van der Waals surface area contributed by atoms with Crippen LogP contribution in [0.15, 0.2) is 85.3 Å². The maximum absolute atomic E-state index is 10.6. The standard InChI is InChI=1S/C29H28N4O4/c1-35-27-19-26-25(18-28(27)37-24-12-15-33(16-13-24)14-5-17-34)29(31-20-30-26)32-21-8-10-23(11-9-21)36-22-6-3-2-4-7-22/h2-11,14,17-20,24H,12-13,15-16H2,1H3,(H,30,31,32). The summed E-state index contributed by atoms with van der Waals surface area (Å²) < 4.78 is 17.9. The van der Waals surface area contributed by atoms with Gasteiger partial charge in [0.15, 0.2) is 11.5 Å². The zero-order valence-electron chi connectivity index (χ0n) is 20.5. The average molecular weight is 497 g/mol. The zero-order valence-corrected chi connectivity index (χ0v) is 20.5. The van der Waals surface area contributed by atoms with Gasteiger partial charge in [-0.25, -0.2) is 9.97 Å². The summed E-state index contributed by atoms with van der Waals surface area (Å²) in [5.74, 6) is 3.49. The lowest BCUT2D eigenvalue weighted by Gasteiger charge is -2.31. The molecule has 1 saturated heterocycles. The van der Waals surface area contributed by atoms with E-state index in [1.54, 1.807) is 7.11 Å². The van der Waals surface area contributed by atoms with Crippen LogP contribution in [0.5, 0.6) is 23.0 Å². The number of aldehydes is 1. The van der Waals surface area contributed by atoms with E-state index in [1.807, 2.05) is 72.9 Å². The molecule has 1 aliphatic rings. The number of hydrogen-bond donors (Lipinski definition) is 1. The van der Waals surface area contributed by atoms with Crippen molar-refractivity contribution in [2.75, 3.05) is 25.5 Å². The molecule has 2 heterocycles. The molecule has 5 rings (SSSR count). The third-order valence-electron chi connectivity index (χ3n) is 6.16. The van der Waals surface area contributed by atoms with Gasteiger partial charge in [0.2, 0.25) is 0 Å². The van der Waals surface area contributed by atoms with Crippen LogP contribution >= 0.6 is 0 Å². The van der Waals surface area contributed by atoms with E-state index in [0.29, 0.717) is 17.3 Å². The van der Waals surface area contributed by atoms with E-state index in [0.717, 1.165) is 60.3 Å². The summed E-state index contributed by atoms with van der Waals surface area (Å²) in [5.41, 5.74) is 1.62. The van der Waals surface area contributed by atoms with E-state index in [9.17, 15) is 4.79 Å². The molecule has 1 N–H and O–H groups in total. The number of allylic oxidation sites excluding steroid dienone is 1. The van der Waals surface area contributed by atoms with Crippen LogP contribution in [0, 0.1) is 0 Å². The lowest BCUT2D eigenvalue weighted by molar-refractivity contribution is -0.104. The van der Waals surface area contributed by atoms with Gasteiger partial charge in [0, 0.05) is 49.3 Å². The Bertz CT molecular complexity index is 1370. The Morgan fingerprint density at radius 1 is 0.946 bits per heavy atom. The second-order valence-corrected chi connectivity index (χ2v) is 8.64. The molecule has 0 atom stereocenters. The summed E-state index contributed by atoms with van der Waals surface area (Å²) in [6, 6.07) is 21.2. The van der Waals surface area contributed by atoms with Crippen molar-refractivity contribution >= 4 is 28.7 Å². The van der Waals surface area contributed by atoms with Crippen LogP contribution in [-0.4, -0.2) is 47.5 Å². The molecule has 1 aromatic heterocycles. The molecule has 1 aliphatic heterocycles. The number of nitrogens with one attached hydrogen (secondary N) is 1. The first-order chi connectivity index (χ1) is 18.2. The first-order valence-electron chi connectivity index (χ1n) is 12.2. The summed E-state index contributed by atoms with van der Waals surface area (Å²) in [5, 5.41) is 4.21. The SMILES string of the molecule is COc1cc2ncnc(Nc3ccc(Oc4ccccc4)cc3)c2cc1OC1CCN(C=CC=O)CC1. The van der Waals surface area contributed by atoms with Crippen LogP contribution in [0.1, 0.15) is 12.8 Å². The fraction of sp³-hybridized carbons (Fsp3) is 0.207. The molecule has 37 heavy (non-hydrogen) atoms. The van der Waals surface area contributed by atoms with Crippen molar-refractivity contribution in [1.82, 2.24) is 14.9 Å². The Kier molecular flexibility index (Phi) is 7.45. The van der Waals surface area contributed by atoms with Gasteiger partial charge in [-0.1, -0.05) is 18.2 Å². The maximum atomic E-state index is 10.6. The van der Waals surface area contributed by atoms with Crippen molar-refractivity contribution in [2.45, 2.75) is 18.9 Å². The number of carbonyl (C=O) groups excluding carboxylic acids is 1. The first kappa shape index (κ1) is 24.1. The second-order valence-electron chi connectivity index (χ2n) is 8.64. The van der Waals surface area contributed by atoms with Crippen LogP contribution in [0.4, 0.5) is 11.5 Å². The highest BCUT2D eigenvalue weighted by molar-refractivity contribution is 5.93. The van der Waals surface area contributed by atoms with Crippen LogP contribution in [-0.2, 0) is 4.79 Å². The van der Waals surface area contributed by atoms with E-state index < -0.39 is 0 Å². The molecule has 0 bridgehead atoms. The molecule has 8 nitrogen and oxygen atoms in total. The Balaban J connectivity index is 1.33. The van der Waals surface area contributed by atoms with Crippen LogP contribution in [0.3, 0.4) is 0 Å². The molecule has 0 saturated carbocycles. The Hall–Kier alpha value is -4.59. The average Bonchev–Trinajstić information content (AvgIpc) is 2.94. The third-order valence-corrected chi connectivity index (χ3v) is 6.16. The fourth-order valence-electron chi connectivity index (χ4n) is 4.26. The van der Waals surface area contributed by atoms with Crippen molar-refractivity contribution in [3.05, 3.63) is 85.3 Å². The molecule has 4 aromatic rings. The number of fused-ring (bicyclic) bond motifs is 1. The normalized spacial score (nSPS) is 14.0. The van der Waals surface area contributed by atoms with Crippen LogP contribution in [0.25, 0.3) is 10.9 Å². The Morgan fingerprint density at radius 2 is 1.70 bits per heavy atom. The second kappa shape index (κ2) is 11.4. The first-order valence-corrected chi connectivity index (χ1v) is 12.2. The van der Waals surface area contributed by atoms with E-state index in [4.69, 9.17) is 14.2 Å². The highest BCUT2D eigenvalue weighted by Crippen LogP contribution is 2.36. The fourth-order valence-corrected chi connectivity index (χ4v) is 4.26. The number of para-hydroxylation sites is 1. The van der Waals surface area contributed by atoms with E-state index in [2.05, 4.69) is 20.2 Å². The van der Waals surface area contributed by atoms with Gasteiger partial charge >= 0.3 is 0 Å². The number of carbonyl (C=O) groups is 1. The highest BCUT2D eigenvalue weighted by Gasteiger charge is 2.21. The monoisotopic (exact) mass is 496 g/mol. The number of methoxy groups -OCH3 is 1. The van der Waals surface area contributed by atoms with Gasteiger partial charge in [-0.15, -0.1) is 0 Å². The Morgan fingerprint density at radius 3 is 2.43 bits per heavy atom. The molecule has 3 aromatic carbocycles. The van der Waals surface area contributed by atoms with Gasteiger partial charge in [0.1, 0.15) is 36.0 Å². The van der Waals surface area contributed by atoms with Gasteiger partial charge in [0.05, 0.1) is 12.6 Å².